The topological polar surface area (TPSA) is 73.6 Å². The van der Waals surface area contributed by atoms with Crippen molar-refractivity contribution in [2.45, 2.75) is 52.3 Å². The van der Waals surface area contributed by atoms with E-state index in [0.29, 0.717) is 26.2 Å². The lowest BCUT2D eigenvalue weighted by atomic mass is 10.2. The van der Waals surface area contributed by atoms with Crippen LogP contribution in [0.4, 0.5) is 0 Å². The first-order chi connectivity index (χ1) is 7.93. The summed E-state index contributed by atoms with van der Waals surface area (Å²) in [5.41, 5.74) is 5.28. The molecule has 0 aliphatic carbocycles. The van der Waals surface area contributed by atoms with Crippen molar-refractivity contribution in [2.24, 2.45) is 5.73 Å². The van der Waals surface area contributed by atoms with E-state index in [2.05, 4.69) is 5.32 Å². The van der Waals surface area contributed by atoms with E-state index in [1.165, 1.54) is 0 Å². The standard InChI is InChI=1S/C12H26N2O3/c1-9(2)14-11(12(13)15)5-6-16-7-8-17-10(3)4/h9-11,14H,5-8H2,1-4H3,(H2,13,15). The first-order valence-corrected chi connectivity index (χ1v) is 6.18. The molecule has 0 saturated heterocycles. The van der Waals surface area contributed by atoms with Crippen molar-refractivity contribution >= 4 is 5.91 Å². The fourth-order valence-corrected chi connectivity index (χ4v) is 1.36. The highest BCUT2D eigenvalue weighted by molar-refractivity contribution is 5.79. The van der Waals surface area contributed by atoms with Crippen LogP contribution in [-0.4, -0.2) is 43.9 Å². The molecule has 0 bridgehead atoms. The summed E-state index contributed by atoms with van der Waals surface area (Å²) in [5.74, 6) is -0.333. The van der Waals surface area contributed by atoms with Crippen LogP contribution in [0.1, 0.15) is 34.1 Å². The molecule has 0 radical (unpaired) electrons. The average Bonchev–Trinajstić information content (AvgIpc) is 2.20. The molecule has 0 fully saturated rings. The van der Waals surface area contributed by atoms with Gasteiger partial charge in [0.2, 0.25) is 5.91 Å². The molecular formula is C12H26N2O3. The lowest BCUT2D eigenvalue weighted by molar-refractivity contribution is -0.120. The quantitative estimate of drug-likeness (QED) is 0.556. The van der Waals surface area contributed by atoms with Gasteiger partial charge in [-0.3, -0.25) is 4.79 Å². The third-order valence-electron chi connectivity index (χ3n) is 2.11. The van der Waals surface area contributed by atoms with Crippen LogP contribution < -0.4 is 11.1 Å². The van der Waals surface area contributed by atoms with Gasteiger partial charge < -0.3 is 20.5 Å². The fourth-order valence-electron chi connectivity index (χ4n) is 1.36. The highest BCUT2D eigenvalue weighted by atomic mass is 16.5. The molecule has 5 heteroatoms. The van der Waals surface area contributed by atoms with Crippen molar-refractivity contribution in [3.05, 3.63) is 0 Å². The summed E-state index contributed by atoms with van der Waals surface area (Å²) in [5, 5.41) is 3.10. The maximum atomic E-state index is 11.1. The Morgan fingerprint density at radius 3 is 2.29 bits per heavy atom. The molecule has 17 heavy (non-hydrogen) atoms. The molecule has 0 aliphatic rings. The van der Waals surface area contributed by atoms with E-state index < -0.39 is 0 Å². The van der Waals surface area contributed by atoms with Crippen molar-refractivity contribution in [1.29, 1.82) is 0 Å². The fraction of sp³-hybridized carbons (Fsp3) is 0.917. The highest BCUT2D eigenvalue weighted by Crippen LogP contribution is 1.95. The van der Waals surface area contributed by atoms with E-state index in [1.54, 1.807) is 0 Å². The molecule has 1 amide bonds. The van der Waals surface area contributed by atoms with Crippen molar-refractivity contribution in [1.82, 2.24) is 5.32 Å². The van der Waals surface area contributed by atoms with Crippen molar-refractivity contribution < 1.29 is 14.3 Å². The molecule has 0 aromatic heterocycles. The first kappa shape index (κ1) is 16.4. The molecule has 1 unspecified atom stereocenters. The Morgan fingerprint density at radius 2 is 1.82 bits per heavy atom. The minimum Gasteiger partial charge on any atom is -0.379 e. The van der Waals surface area contributed by atoms with Gasteiger partial charge >= 0.3 is 0 Å². The molecule has 0 saturated carbocycles. The van der Waals surface area contributed by atoms with Gasteiger partial charge in [-0.05, 0) is 20.3 Å². The zero-order valence-corrected chi connectivity index (χ0v) is 11.4. The molecule has 102 valence electrons. The largest absolute Gasteiger partial charge is 0.379 e. The summed E-state index contributed by atoms with van der Waals surface area (Å²) < 4.78 is 10.7. The zero-order chi connectivity index (χ0) is 13.3. The Balaban J connectivity index is 3.58. The van der Waals surface area contributed by atoms with Crippen molar-refractivity contribution in [2.75, 3.05) is 19.8 Å². The molecule has 0 aromatic rings. The number of hydrogen-bond donors (Lipinski definition) is 2. The Hall–Kier alpha value is -0.650. The van der Waals surface area contributed by atoms with Crippen LogP contribution in [0.2, 0.25) is 0 Å². The van der Waals surface area contributed by atoms with Gasteiger partial charge in [0, 0.05) is 12.6 Å². The Kier molecular flexibility index (Phi) is 9.03. The SMILES string of the molecule is CC(C)NC(CCOCCOC(C)C)C(N)=O. The third-order valence-corrected chi connectivity index (χ3v) is 2.11. The summed E-state index contributed by atoms with van der Waals surface area (Å²) in [6.45, 7) is 9.56. The number of hydrogen-bond acceptors (Lipinski definition) is 4. The minimum absolute atomic E-state index is 0.222. The van der Waals surface area contributed by atoms with E-state index in [0.717, 1.165) is 0 Å². The average molecular weight is 246 g/mol. The summed E-state index contributed by atoms with van der Waals surface area (Å²) in [4.78, 5) is 11.1. The second-order valence-electron chi connectivity index (χ2n) is 4.60. The maximum absolute atomic E-state index is 11.1. The number of nitrogens with two attached hydrogens (primary N) is 1. The van der Waals surface area contributed by atoms with Gasteiger partial charge in [-0.15, -0.1) is 0 Å². The summed E-state index contributed by atoms with van der Waals surface area (Å²) >= 11 is 0. The Morgan fingerprint density at radius 1 is 1.18 bits per heavy atom. The summed E-state index contributed by atoms with van der Waals surface area (Å²) in [6, 6.07) is -0.0854. The van der Waals surface area contributed by atoms with Gasteiger partial charge in [-0.2, -0.15) is 0 Å². The normalized spacial score (nSPS) is 13.3. The van der Waals surface area contributed by atoms with E-state index >= 15 is 0 Å². The van der Waals surface area contributed by atoms with Gasteiger partial charge in [-0.1, -0.05) is 13.8 Å². The van der Waals surface area contributed by atoms with E-state index in [4.69, 9.17) is 15.2 Å². The van der Waals surface area contributed by atoms with Crippen LogP contribution in [0, 0.1) is 0 Å². The number of carbonyl (C=O) groups excluding carboxylic acids is 1. The summed E-state index contributed by atoms with van der Waals surface area (Å²) in [7, 11) is 0. The van der Waals surface area contributed by atoms with Crippen LogP contribution in [0.5, 0.6) is 0 Å². The predicted molar refractivity (Wildman–Crippen MR) is 67.8 cm³/mol. The third kappa shape index (κ3) is 10.2. The van der Waals surface area contributed by atoms with Gasteiger partial charge in [-0.25, -0.2) is 0 Å². The number of rotatable bonds is 10. The van der Waals surface area contributed by atoms with E-state index in [1.807, 2.05) is 27.7 Å². The van der Waals surface area contributed by atoms with Crippen LogP contribution in [0.15, 0.2) is 0 Å². The molecule has 1 atom stereocenters. The molecule has 5 nitrogen and oxygen atoms in total. The molecule has 3 N–H and O–H groups in total. The Labute approximate surface area is 104 Å². The van der Waals surface area contributed by atoms with Gasteiger partial charge in [0.15, 0.2) is 0 Å². The van der Waals surface area contributed by atoms with Gasteiger partial charge in [0.1, 0.15) is 0 Å². The molecule has 0 rings (SSSR count). The van der Waals surface area contributed by atoms with Crippen LogP contribution in [-0.2, 0) is 14.3 Å². The van der Waals surface area contributed by atoms with Crippen LogP contribution in [0.25, 0.3) is 0 Å². The van der Waals surface area contributed by atoms with E-state index in [9.17, 15) is 4.79 Å². The van der Waals surface area contributed by atoms with Crippen LogP contribution >= 0.6 is 0 Å². The molecule has 0 aliphatic heterocycles. The van der Waals surface area contributed by atoms with Gasteiger partial charge in [0.05, 0.1) is 25.4 Å². The summed E-state index contributed by atoms with van der Waals surface area (Å²) in [6.07, 6.45) is 0.814. The number of primary amides is 1. The lowest BCUT2D eigenvalue weighted by Crippen LogP contribution is -2.45. The van der Waals surface area contributed by atoms with Crippen molar-refractivity contribution in [3.8, 4) is 0 Å². The highest BCUT2D eigenvalue weighted by Gasteiger charge is 2.15. The zero-order valence-electron chi connectivity index (χ0n) is 11.4. The van der Waals surface area contributed by atoms with Crippen LogP contribution in [0.3, 0.4) is 0 Å². The maximum Gasteiger partial charge on any atom is 0.234 e. The number of carbonyl (C=O) groups is 1. The lowest BCUT2D eigenvalue weighted by Gasteiger charge is -2.18. The smallest absolute Gasteiger partial charge is 0.234 e. The first-order valence-electron chi connectivity index (χ1n) is 6.18. The second kappa shape index (κ2) is 9.39. The van der Waals surface area contributed by atoms with Gasteiger partial charge in [0.25, 0.3) is 0 Å². The second-order valence-corrected chi connectivity index (χ2v) is 4.60. The number of ether oxygens (including phenoxy) is 2. The molecule has 0 aromatic carbocycles. The van der Waals surface area contributed by atoms with Crippen molar-refractivity contribution in [3.63, 3.8) is 0 Å². The number of nitrogens with one attached hydrogen (secondary N) is 1. The van der Waals surface area contributed by atoms with E-state index in [-0.39, 0.29) is 24.1 Å². The minimum atomic E-state index is -0.333. The molecular weight excluding hydrogens is 220 g/mol. The molecule has 0 heterocycles. The predicted octanol–water partition coefficient (Wildman–Crippen LogP) is 0.670. The number of amides is 1. The Bertz CT molecular complexity index is 208. The molecule has 0 spiro atoms. The monoisotopic (exact) mass is 246 g/mol.